The first kappa shape index (κ1) is 8.86. The van der Waals surface area contributed by atoms with Crippen LogP contribution in [0.2, 0.25) is 0 Å². The van der Waals surface area contributed by atoms with E-state index in [2.05, 4.69) is 0 Å². The Labute approximate surface area is 75.4 Å². The van der Waals surface area contributed by atoms with Crippen LogP contribution >= 0.6 is 12.2 Å². The number of amides is 2. The smallest absolute Gasteiger partial charge is 0.250 e. The average molecular weight is 184 g/mol. The van der Waals surface area contributed by atoms with Gasteiger partial charge in [0.1, 0.15) is 0 Å². The number of carbonyl (C=O) groups is 2. The predicted octanol–water partition coefficient (Wildman–Crippen LogP) is 0.105. The van der Waals surface area contributed by atoms with Crippen LogP contribution in [0, 0.1) is 0 Å². The fourth-order valence-corrected chi connectivity index (χ4v) is 1.04. The molecule has 0 saturated carbocycles. The van der Waals surface area contributed by atoms with Crippen LogP contribution in [-0.4, -0.2) is 34.2 Å². The number of hydrogen-bond acceptors (Lipinski definition) is 3. The Kier molecular flexibility index (Phi) is 2.54. The largest absolute Gasteiger partial charge is 0.277 e. The van der Waals surface area contributed by atoms with Crippen molar-refractivity contribution in [3.8, 4) is 0 Å². The Morgan fingerprint density at radius 1 is 1.75 bits per heavy atom. The third-order valence-electron chi connectivity index (χ3n) is 1.48. The quantitative estimate of drug-likeness (QED) is 0.451. The van der Waals surface area contributed by atoms with Crippen molar-refractivity contribution in [2.45, 2.75) is 6.42 Å². The number of hydrazine groups is 1. The topological polar surface area (TPSA) is 40.6 Å². The van der Waals surface area contributed by atoms with E-state index in [1.165, 1.54) is 23.3 Å². The summed E-state index contributed by atoms with van der Waals surface area (Å²) in [6, 6.07) is 0. The number of thiocarbonyl (C=S) groups is 1. The molecule has 64 valence electrons. The van der Waals surface area contributed by atoms with Gasteiger partial charge in [0.2, 0.25) is 6.41 Å². The molecule has 0 fully saturated rings. The minimum absolute atomic E-state index is 0.183. The highest BCUT2D eigenvalue weighted by Crippen LogP contribution is 2.07. The van der Waals surface area contributed by atoms with Gasteiger partial charge in [-0.3, -0.25) is 14.6 Å². The van der Waals surface area contributed by atoms with E-state index in [-0.39, 0.29) is 12.3 Å². The van der Waals surface area contributed by atoms with Gasteiger partial charge in [-0.2, -0.15) is 0 Å². The van der Waals surface area contributed by atoms with Crippen molar-refractivity contribution in [3.63, 3.8) is 0 Å². The highest BCUT2D eigenvalue weighted by atomic mass is 32.1. The van der Waals surface area contributed by atoms with Gasteiger partial charge < -0.3 is 0 Å². The molecule has 2 amide bonds. The molecule has 1 aliphatic rings. The Bertz CT molecular complexity index is 262. The van der Waals surface area contributed by atoms with Crippen molar-refractivity contribution >= 4 is 29.4 Å². The van der Waals surface area contributed by atoms with Crippen molar-refractivity contribution in [1.29, 1.82) is 0 Å². The van der Waals surface area contributed by atoms with Gasteiger partial charge in [-0.05, 0) is 6.08 Å². The molecule has 0 saturated heterocycles. The van der Waals surface area contributed by atoms with E-state index >= 15 is 0 Å². The molecule has 0 bridgehead atoms. The molecule has 1 heterocycles. The molecule has 4 nitrogen and oxygen atoms in total. The lowest BCUT2D eigenvalue weighted by molar-refractivity contribution is -0.147. The lowest BCUT2D eigenvalue weighted by Gasteiger charge is -2.27. The predicted molar refractivity (Wildman–Crippen MR) is 47.0 cm³/mol. The third-order valence-corrected chi connectivity index (χ3v) is 1.76. The number of rotatable bonds is 2. The summed E-state index contributed by atoms with van der Waals surface area (Å²) in [4.78, 5) is 22.1. The van der Waals surface area contributed by atoms with Crippen LogP contribution in [0.25, 0.3) is 0 Å². The van der Waals surface area contributed by atoms with Gasteiger partial charge in [0.05, 0.1) is 6.42 Å². The number of nitrogens with zero attached hydrogens (tertiary/aromatic N) is 2. The second kappa shape index (κ2) is 3.44. The summed E-state index contributed by atoms with van der Waals surface area (Å²) in [6.45, 7) is 0. The number of allylic oxidation sites excluding steroid dienone is 1. The summed E-state index contributed by atoms with van der Waals surface area (Å²) in [5.74, 6) is -0.183. The van der Waals surface area contributed by atoms with E-state index in [0.29, 0.717) is 11.3 Å². The fraction of sp³-hybridized carbons (Fsp3) is 0.286. The zero-order valence-corrected chi connectivity index (χ0v) is 7.37. The average Bonchev–Trinajstić information content (AvgIpc) is 2.03. The van der Waals surface area contributed by atoms with Gasteiger partial charge in [0.15, 0.2) is 0 Å². The molecule has 1 aliphatic heterocycles. The fourth-order valence-electron chi connectivity index (χ4n) is 0.858. The molecule has 0 spiro atoms. The summed E-state index contributed by atoms with van der Waals surface area (Å²) in [5.41, 5.74) is 0. The lowest BCUT2D eigenvalue weighted by Crippen LogP contribution is -2.41. The zero-order valence-electron chi connectivity index (χ0n) is 6.56. The van der Waals surface area contributed by atoms with Gasteiger partial charge in [-0.15, -0.1) is 0 Å². The molecule has 12 heavy (non-hydrogen) atoms. The van der Waals surface area contributed by atoms with Crippen LogP contribution in [0.15, 0.2) is 12.3 Å². The Morgan fingerprint density at radius 3 is 2.92 bits per heavy atom. The summed E-state index contributed by atoms with van der Waals surface area (Å²) >= 11 is 4.82. The summed E-state index contributed by atoms with van der Waals surface area (Å²) in [6.07, 6.45) is 3.89. The normalized spacial score (nSPS) is 16.6. The number of hydrogen-bond donors (Lipinski definition) is 0. The van der Waals surface area contributed by atoms with Crippen LogP contribution in [0.4, 0.5) is 0 Å². The van der Waals surface area contributed by atoms with Crippen LogP contribution in [0.3, 0.4) is 0 Å². The van der Waals surface area contributed by atoms with Gasteiger partial charge >= 0.3 is 0 Å². The van der Waals surface area contributed by atoms with Crippen LogP contribution in [0.1, 0.15) is 6.42 Å². The molecular weight excluding hydrogens is 176 g/mol. The minimum Gasteiger partial charge on any atom is -0.277 e. The van der Waals surface area contributed by atoms with Crippen molar-refractivity contribution in [1.82, 2.24) is 10.0 Å². The van der Waals surface area contributed by atoms with E-state index in [9.17, 15) is 9.59 Å². The maximum atomic E-state index is 11.2. The maximum absolute atomic E-state index is 11.2. The van der Waals surface area contributed by atoms with Gasteiger partial charge in [0.25, 0.3) is 5.91 Å². The Balaban J connectivity index is 2.79. The molecule has 0 unspecified atom stereocenters. The summed E-state index contributed by atoms with van der Waals surface area (Å²) in [7, 11) is 1.50. The van der Waals surface area contributed by atoms with E-state index in [1.54, 1.807) is 6.08 Å². The van der Waals surface area contributed by atoms with Crippen LogP contribution < -0.4 is 0 Å². The van der Waals surface area contributed by atoms with E-state index in [4.69, 9.17) is 12.2 Å². The highest BCUT2D eigenvalue weighted by molar-refractivity contribution is 7.80. The van der Waals surface area contributed by atoms with Gasteiger partial charge in [-0.1, -0.05) is 12.2 Å². The first-order valence-electron chi connectivity index (χ1n) is 3.36. The van der Waals surface area contributed by atoms with E-state index in [1.807, 2.05) is 0 Å². The van der Waals surface area contributed by atoms with Crippen molar-refractivity contribution in [2.24, 2.45) is 0 Å². The van der Waals surface area contributed by atoms with Crippen molar-refractivity contribution in [2.75, 3.05) is 7.05 Å². The van der Waals surface area contributed by atoms with Crippen molar-refractivity contribution < 1.29 is 9.59 Å². The molecule has 0 N–H and O–H groups in total. The van der Waals surface area contributed by atoms with E-state index < -0.39 is 0 Å². The molecule has 1 rings (SSSR count). The molecule has 0 aromatic heterocycles. The zero-order chi connectivity index (χ0) is 9.14. The standard InChI is InChI=1S/C7H8N2O2S/c1-8(5-10)9-3-2-6(12)4-7(9)11/h2-3,5H,4H2,1H3. The molecule has 0 atom stereocenters. The lowest BCUT2D eigenvalue weighted by atomic mass is 10.2. The minimum atomic E-state index is -0.183. The molecule has 0 radical (unpaired) electrons. The molecule has 0 aromatic carbocycles. The number of carbonyl (C=O) groups excluding carboxylic acids is 2. The van der Waals surface area contributed by atoms with Gasteiger partial charge in [0, 0.05) is 18.1 Å². The monoisotopic (exact) mass is 184 g/mol. The summed E-state index contributed by atoms with van der Waals surface area (Å²) < 4.78 is 0. The first-order chi connectivity index (χ1) is 5.65. The second-order valence-electron chi connectivity index (χ2n) is 2.38. The molecular formula is C7H8N2O2S. The van der Waals surface area contributed by atoms with Crippen molar-refractivity contribution in [3.05, 3.63) is 12.3 Å². The van der Waals surface area contributed by atoms with Crippen LogP contribution in [-0.2, 0) is 9.59 Å². The maximum Gasteiger partial charge on any atom is 0.250 e. The molecule has 0 aromatic rings. The highest BCUT2D eigenvalue weighted by Gasteiger charge is 2.19. The first-order valence-corrected chi connectivity index (χ1v) is 3.77. The Morgan fingerprint density at radius 2 is 2.42 bits per heavy atom. The second-order valence-corrected chi connectivity index (χ2v) is 2.90. The third kappa shape index (κ3) is 1.68. The Hall–Kier alpha value is -1.23. The molecule has 0 aliphatic carbocycles. The SMILES string of the molecule is CN(C=O)N1C=CC(=S)CC1=O. The summed E-state index contributed by atoms with van der Waals surface area (Å²) in [5, 5.41) is 2.39. The molecule has 5 heteroatoms. The van der Waals surface area contributed by atoms with E-state index in [0.717, 1.165) is 0 Å². The van der Waals surface area contributed by atoms with Gasteiger partial charge in [-0.25, -0.2) is 5.01 Å². The van der Waals surface area contributed by atoms with Crippen LogP contribution in [0.5, 0.6) is 0 Å².